The number of ketones is 1. The molecule has 3 heteroatoms. The van der Waals surface area contributed by atoms with Gasteiger partial charge < -0.3 is 9.47 Å². The predicted molar refractivity (Wildman–Crippen MR) is 85.7 cm³/mol. The number of rotatable bonds is 3. The van der Waals surface area contributed by atoms with Crippen LogP contribution in [0.3, 0.4) is 0 Å². The van der Waals surface area contributed by atoms with Crippen molar-refractivity contribution in [3.8, 4) is 0 Å². The third-order valence-corrected chi connectivity index (χ3v) is 5.28. The molecule has 21 heavy (non-hydrogen) atoms. The zero-order chi connectivity index (χ0) is 15.0. The fraction of sp³-hybridized carbons (Fsp3) is 0.722. The lowest BCUT2D eigenvalue weighted by molar-refractivity contribution is 0.0909. The lowest BCUT2D eigenvalue weighted by atomic mass is 9.76. The molecule has 1 aromatic rings. The van der Waals surface area contributed by atoms with Crippen LogP contribution in [0.4, 0.5) is 0 Å². The highest BCUT2D eigenvalue weighted by Crippen LogP contribution is 2.35. The standard InChI is InChI=1S/C18H28N2O/c1-18(2)12-16-15(17(21)13-18)7-11-20(16)10-6-14-4-8-19(3)9-5-14/h7,11,14H,4-6,8-10,12-13H2,1-3H3. The molecule has 3 nitrogen and oxygen atoms in total. The fourth-order valence-electron chi connectivity index (χ4n) is 3.88. The first-order valence-corrected chi connectivity index (χ1v) is 8.34. The molecule has 2 heterocycles. The van der Waals surface area contributed by atoms with E-state index in [9.17, 15) is 4.79 Å². The lowest BCUT2D eigenvalue weighted by Gasteiger charge is -2.31. The molecular formula is C18H28N2O. The minimum absolute atomic E-state index is 0.119. The van der Waals surface area contributed by atoms with E-state index in [1.165, 1.54) is 38.0 Å². The van der Waals surface area contributed by atoms with Gasteiger partial charge in [0.15, 0.2) is 5.78 Å². The molecule has 1 saturated heterocycles. The first-order chi connectivity index (χ1) is 9.94. The van der Waals surface area contributed by atoms with Gasteiger partial charge in [0.1, 0.15) is 0 Å². The summed E-state index contributed by atoms with van der Waals surface area (Å²) in [6.45, 7) is 7.97. The second-order valence-electron chi connectivity index (χ2n) is 7.85. The molecule has 0 radical (unpaired) electrons. The number of aryl methyl sites for hydroxylation is 1. The highest BCUT2D eigenvalue weighted by Gasteiger charge is 2.33. The molecule has 1 fully saturated rings. The summed E-state index contributed by atoms with van der Waals surface area (Å²) in [7, 11) is 2.21. The second kappa shape index (κ2) is 5.60. The zero-order valence-corrected chi connectivity index (χ0v) is 13.7. The number of aromatic nitrogens is 1. The number of carbonyl (C=O) groups excluding carboxylic acids is 1. The molecule has 1 aliphatic carbocycles. The Morgan fingerprint density at radius 1 is 1.24 bits per heavy atom. The van der Waals surface area contributed by atoms with Crippen molar-refractivity contribution in [2.45, 2.75) is 52.5 Å². The van der Waals surface area contributed by atoms with Crippen LogP contribution in [0.5, 0.6) is 0 Å². The Bertz CT molecular complexity index is 521. The first kappa shape index (κ1) is 14.8. The summed E-state index contributed by atoms with van der Waals surface area (Å²) in [5, 5.41) is 0. The molecule has 0 N–H and O–H groups in total. The van der Waals surface area contributed by atoms with Gasteiger partial charge in [0.2, 0.25) is 0 Å². The Morgan fingerprint density at radius 2 is 1.95 bits per heavy atom. The molecule has 1 aromatic heterocycles. The summed E-state index contributed by atoms with van der Waals surface area (Å²) < 4.78 is 2.35. The van der Waals surface area contributed by atoms with E-state index in [0.717, 1.165) is 24.4 Å². The number of hydrogen-bond acceptors (Lipinski definition) is 2. The molecule has 0 spiro atoms. The van der Waals surface area contributed by atoms with Gasteiger partial charge in [-0.05, 0) is 63.2 Å². The molecule has 1 aliphatic heterocycles. The quantitative estimate of drug-likeness (QED) is 0.852. The Balaban J connectivity index is 1.66. The number of Topliss-reactive ketones (excluding diaryl/α,β-unsaturated/α-hetero) is 1. The Hall–Kier alpha value is -1.09. The Labute approximate surface area is 128 Å². The third kappa shape index (κ3) is 3.23. The van der Waals surface area contributed by atoms with E-state index in [1.54, 1.807) is 0 Å². The molecule has 0 aromatic carbocycles. The number of carbonyl (C=O) groups is 1. The molecule has 3 rings (SSSR count). The summed E-state index contributed by atoms with van der Waals surface area (Å²) in [5.74, 6) is 1.19. The average Bonchev–Trinajstić information content (AvgIpc) is 2.80. The van der Waals surface area contributed by atoms with Crippen LogP contribution in [0.25, 0.3) is 0 Å². The Morgan fingerprint density at radius 3 is 2.67 bits per heavy atom. The summed E-state index contributed by atoms with van der Waals surface area (Å²) in [6, 6.07) is 2.04. The molecule has 0 unspecified atom stereocenters. The van der Waals surface area contributed by atoms with Crippen molar-refractivity contribution >= 4 is 5.78 Å². The molecule has 0 atom stereocenters. The average molecular weight is 288 g/mol. The van der Waals surface area contributed by atoms with Crippen LogP contribution in [0.1, 0.15) is 55.6 Å². The maximum Gasteiger partial charge on any atom is 0.165 e. The van der Waals surface area contributed by atoms with E-state index < -0.39 is 0 Å². The van der Waals surface area contributed by atoms with Gasteiger partial charge in [0, 0.05) is 30.4 Å². The van der Waals surface area contributed by atoms with Crippen molar-refractivity contribution in [2.24, 2.45) is 11.3 Å². The van der Waals surface area contributed by atoms with Gasteiger partial charge in [-0.1, -0.05) is 13.8 Å². The van der Waals surface area contributed by atoms with E-state index in [-0.39, 0.29) is 5.41 Å². The van der Waals surface area contributed by atoms with E-state index >= 15 is 0 Å². The van der Waals surface area contributed by atoms with Crippen molar-refractivity contribution in [2.75, 3.05) is 20.1 Å². The minimum Gasteiger partial charge on any atom is -0.351 e. The van der Waals surface area contributed by atoms with Crippen LogP contribution < -0.4 is 0 Å². The van der Waals surface area contributed by atoms with Crippen LogP contribution in [0.2, 0.25) is 0 Å². The maximum atomic E-state index is 12.2. The topological polar surface area (TPSA) is 25.2 Å². The molecule has 0 bridgehead atoms. The van der Waals surface area contributed by atoms with Crippen molar-refractivity contribution in [1.82, 2.24) is 9.47 Å². The fourth-order valence-corrected chi connectivity index (χ4v) is 3.88. The lowest BCUT2D eigenvalue weighted by Crippen LogP contribution is -2.31. The molecular weight excluding hydrogens is 260 g/mol. The molecule has 116 valence electrons. The van der Waals surface area contributed by atoms with Crippen LogP contribution in [0.15, 0.2) is 12.3 Å². The van der Waals surface area contributed by atoms with Gasteiger partial charge in [-0.15, -0.1) is 0 Å². The summed E-state index contributed by atoms with van der Waals surface area (Å²) in [5.41, 5.74) is 2.38. The van der Waals surface area contributed by atoms with E-state index in [1.807, 2.05) is 6.07 Å². The van der Waals surface area contributed by atoms with Gasteiger partial charge in [-0.2, -0.15) is 0 Å². The largest absolute Gasteiger partial charge is 0.351 e. The number of piperidine rings is 1. The monoisotopic (exact) mass is 288 g/mol. The molecule has 2 aliphatic rings. The van der Waals surface area contributed by atoms with Crippen LogP contribution in [0, 0.1) is 11.3 Å². The highest BCUT2D eigenvalue weighted by atomic mass is 16.1. The second-order valence-corrected chi connectivity index (χ2v) is 7.85. The van der Waals surface area contributed by atoms with Gasteiger partial charge in [0.05, 0.1) is 0 Å². The predicted octanol–water partition coefficient (Wildman–Crippen LogP) is 3.38. The highest BCUT2D eigenvalue weighted by molar-refractivity contribution is 5.98. The van der Waals surface area contributed by atoms with Crippen molar-refractivity contribution in [3.63, 3.8) is 0 Å². The normalized spacial score (nSPS) is 23.3. The van der Waals surface area contributed by atoms with Crippen molar-refractivity contribution < 1.29 is 4.79 Å². The number of fused-ring (bicyclic) bond motifs is 1. The van der Waals surface area contributed by atoms with Gasteiger partial charge >= 0.3 is 0 Å². The molecule has 0 saturated carbocycles. The van der Waals surface area contributed by atoms with Crippen molar-refractivity contribution in [1.29, 1.82) is 0 Å². The maximum absolute atomic E-state index is 12.2. The van der Waals surface area contributed by atoms with Crippen LogP contribution in [-0.2, 0) is 13.0 Å². The van der Waals surface area contributed by atoms with E-state index in [0.29, 0.717) is 12.2 Å². The SMILES string of the molecule is CN1CCC(CCn2ccc3c2CC(C)(C)CC3=O)CC1. The Kier molecular flexibility index (Phi) is 3.96. The van der Waals surface area contributed by atoms with Crippen molar-refractivity contribution in [3.05, 3.63) is 23.5 Å². The van der Waals surface area contributed by atoms with E-state index in [2.05, 4.69) is 36.6 Å². The summed E-state index contributed by atoms with van der Waals surface area (Å²) in [4.78, 5) is 14.7. The number of hydrogen-bond donors (Lipinski definition) is 0. The van der Waals surface area contributed by atoms with Crippen LogP contribution in [-0.4, -0.2) is 35.4 Å². The van der Waals surface area contributed by atoms with Gasteiger partial charge in [0.25, 0.3) is 0 Å². The third-order valence-electron chi connectivity index (χ3n) is 5.28. The zero-order valence-electron chi connectivity index (χ0n) is 13.7. The molecule has 0 amide bonds. The first-order valence-electron chi connectivity index (χ1n) is 8.34. The van der Waals surface area contributed by atoms with Gasteiger partial charge in [-0.3, -0.25) is 4.79 Å². The minimum atomic E-state index is 0.119. The smallest absolute Gasteiger partial charge is 0.165 e. The van der Waals surface area contributed by atoms with E-state index in [4.69, 9.17) is 0 Å². The van der Waals surface area contributed by atoms with Crippen LogP contribution >= 0.6 is 0 Å². The summed E-state index contributed by atoms with van der Waals surface area (Å²) >= 11 is 0. The van der Waals surface area contributed by atoms with Gasteiger partial charge in [-0.25, -0.2) is 0 Å². The summed E-state index contributed by atoms with van der Waals surface area (Å²) in [6.07, 6.45) is 7.77. The number of nitrogens with zero attached hydrogens (tertiary/aromatic N) is 2. The number of likely N-dealkylation sites (tertiary alicyclic amines) is 1.